The van der Waals surface area contributed by atoms with Gasteiger partial charge in [0.15, 0.2) is 11.4 Å². The fourth-order valence-corrected chi connectivity index (χ4v) is 4.08. The second-order valence-electron chi connectivity index (χ2n) is 5.66. The van der Waals surface area contributed by atoms with Crippen molar-refractivity contribution in [2.75, 3.05) is 12.3 Å². The number of carboxylic acids is 1. The molecule has 4 rings (SSSR count). The summed E-state index contributed by atoms with van der Waals surface area (Å²) in [6, 6.07) is 0. The molecule has 2 aromatic rings. The highest BCUT2D eigenvalue weighted by Gasteiger charge is 2.40. The molecular formula is C15H12N4O5S. The fraction of sp³-hybridized carbons (Fsp3) is 0.267. The van der Waals surface area contributed by atoms with Gasteiger partial charge < -0.3 is 15.6 Å². The molecule has 0 aromatic carbocycles. The maximum absolute atomic E-state index is 12.3. The summed E-state index contributed by atoms with van der Waals surface area (Å²) in [4.78, 5) is 45.7. The van der Waals surface area contributed by atoms with Gasteiger partial charge in [0.1, 0.15) is 5.00 Å². The van der Waals surface area contributed by atoms with Gasteiger partial charge in [-0.3, -0.25) is 14.5 Å². The molecular weight excluding hydrogens is 348 g/mol. The lowest BCUT2D eigenvalue weighted by atomic mass is 10.0. The molecule has 0 bridgehead atoms. The number of carbonyl (C=O) groups excluding carboxylic acids is 2. The third kappa shape index (κ3) is 2.37. The number of fused-ring (bicyclic) bond motifs is 2. The lowest BCUT2D eigenvalue weighted by Crippen LogP contribution is -2.40. The number of thiophene rings is 1. The predicted molar refractivity (Wildman–Crippen MR) is 85.4 cm³/mol. The van der Waals surface area contributed by atoms with E-state index >= 15 is 0 Å². The van der Waals surface area contributed by atoms with E-state index in [9.17, 15) is 19.5 Å². The molecule has 4 heterocycles. The summed E-state index contributed by atoms with van der Waals surface area (Å²) in [5.41, 5.74) is 6.52. The SMILES string of the molecule is Nc1sc2c(c1C(=O)O)CC(CN1C(=O)c3nccnc3C1=O)OC2. The molecule has 3 N–H and O–H groups in total. The van der Waals surface area contributed by atoms with E-state index in [-0.39, 0.29) is 41.5 Å². The molecule has 2 amide bonds. The molecule has 2 aromatic heterocycles. The largest absolute Gasteiger partial charge is 0.478 e. The van der Waals surface area contributed by atoms with Gasteiger partial charge in [-0.05, 0) is 5.56 Å². The maximum Gasteiger partial charge on any atom is 0.338 e. The van der Waals surface area contributed by atoms with E-state index in [0.717, 1.165) is 9.78 Å². The average Bonchev–Trinajstić information content (AvgIpc) is 3.04. The van der Waals surface area contributed by atoms with Crippen LogP contribution >= 0.6 is 11.3 Å². The quantitative estimate of drug-likeness (QED) is 0.758. The van der Waals surface area contributed by atoms with Crippen LogP contribution in [0.2, 0.25) is 0 Å². The van der Waals surface area contributed by atoms with Crippen molar-refractivity contribution in [3.63, 3.8) is 0 Å². The molecule has 0 fully saturated rings. The van der Waals surface area contributed by atoms with Crippen molar-refractivity contribution in [1.29, 1.82) is 0 Å². The van der Waals surface area contributed by atoms with Crippen LogP contribution in [0.15, 0.2) is 12.4 Å². The summed E-state index contributed by atoms with van der Waals surface area (Å²) in [6.07, 6.45) is 2.45. The van der Waals surface area contributed by atoms with Crippen LogP contribution in [-0.2, 0) is 17.8 Å². The van der Waals surface area contributed by atoms with Gasteiger partial charge in [0.2, 0.25) is 0 Å². The number of imide groups is 1. The van der Waals surface area contributed by atoms with Gasteiger partial charge in [-0.2, -0.15) is 0 Å². The van der Waals surface area contributed by atoms with E-state index in [1.165, 1.54) is 23.7 Å². The van der Waals surface area contributed by atoms with Crippen LogP contribution in [0.5, 0.6) is 0 Å². The molecule has 2 aliphatic heterocycles. The standard InChI is InChI=1S/C15H12N4O5S/c16-12-9(15(22)23)7-3-6(24-5-8(7)25-12)4-19-13(20)10-11(14(19)21)18-2-1-17-10/h1-2,6H,3-5,16H2,(H,22,23). The minimum atomic E-state index is -1.09. The predicted octanol–water partition coefficient (Wildman–Crippen LogP) is 0.556. The smallest absolute Gasteiger partial charge is 0.338 e. The third-order valence-corrected chi connectivity index (χ3v) is 5.23. The Morgan fingerprint density at radius 1 is 1.32 bits per heavy atom. The third-order valence-electron chi connectivity index (χ3n) is 4.19. The Balaban J connectivity index is 1.57. The van der Waals surface area contributed by atoms with Gasteiger partial charge in [-0.25, -0.2) is 14.8 Å². The van der Waals surface area contributed by atoms with Crippen LogP contribution in [-0.4, -0.2) is 50.4 Å². The van der Waals surface area contributed by atoms with Crippen LogP contribution in [0.3, 0.4) is 0 Å². The van der Waals surface area contributed by atoms with Crippen LogP contribution in [0.25, 0.3) is 0 Å². The molecule has 0 spiro atoms. The minimum absolute atomic E-state index is 0.00393. The Kier molecular flexibility index (Phi) is 3.51. The number of carboxylic acid groups (broad SMARTS) is 1. The maximum atomic E-state index is 12.3. The van der Waals surface area contributed by atoms with E-state index < -0.39 is 23.9 Å². The zero-order valence-corrected chi connectivity index (χ0v) is 13.6. The zero-order valence-electron chi connectivity index (χ0n) is 12.8. The van der Waals surface area contributed by atoms with Crippen LogP contribution < -0.4 is 5.73 Å². The van der Waals surface area contributed by atoms with E-state index in [1.807, 2.05) is 0 Å². The highest BCUT2D eigenvalue weighted by Crippen LogP contribution is 2.36. The summed E-state index contributed by atoms with van der Waals surface area (Å²) in [6.45, 7) is 0.200. The Hall–Kier alpha value is -2.85. The van der Waals surface area contributed by atoms with E-state index in [1.54, 1.807) is 0 Å². The number of nitrogen functional groups attached to an aromatic ring is 1. The monoisotopic (exact) mass is 360 g/mol. The van der Waals surface area contributed by atoms with Crippen molar-refractivity contribution in [2.24, 2.45) is 0 Å². The van der Waals surface area contributed by atoms with Gasteiger partial charge in [0.25, 0.3) is 11.8 Å². The van der Waals surface area contributed by atoms with Crippen LogP contribution in [0.1, 0.15) is 41.8 Å². The van der Waals surface area contributed by atoms with Crippen molar-refractivity contribution in [3.05, 3.63) is 39.8 Å². The van der Waals surface area contributed by atoms with Crippen LogP contribution in [0.4, 0.5) is 5.00 Å². The first-order valence-electron chi connectivity index (χ1n) is 7.39. The topological polar surface area (TPSA) is 136 Å². The van der Waals surface area contributed by atoms with Crippen molar-refractivity contribution < 1.29 is 24.2 Å². The molecule has 2 aliphatic rings. The van der Waals surface area contributed by atoms with Crippen molar-refractivity contribution >= 4 is 34.1 Å². The molecule has 9 nitrogen and oxygen atoms in total. The normalized spacial score (nSPS) is 19.0. The lowest BCUT2D eigenvalue weighted by Gasteiger charge is -2.26. The molecule has 0 aliphatic carbocycles. The van der Waals surface area contributed by atoms with Crippen LogP contribution in [0, 0.1) is 0 Å². The Morgan fingerprint density at radius 2 is 1.96 bits per heavy atom. The number of amides is 2. The second kappa shape index (κ2) is 5.60. The highest BCUT2D eigenvalue weighted by atomic mass is 32.1. The number of hydrogen-bond donors (Lipinski definition) is 2. The number of hydrogen-bond acceptors (Lipinski definition) is 8. The molecule has 25 heavy (non-hydrogen) atoms. The van der Waals surface area contributed by atoms with Crippen molar-refractivity contribution in [1.82, 2.24) is 14.9 Å². The average molecular weight is 360 g/mol. The lowest BCUT2D eigenvalue weighted by molar-refractivity contribution is 0.00919. The van der Waals surface area contributed by atoms with Gasteiger partial charge in [0, 0.05) is 23.7 Å². The van der Waals surface area contributed by atoms with Gasteiger partial charge in [0.05, 0.1) is 24.8 Å². The number of rotatable bonds is 3. The number of carbonyl (C=O) groups is 3. The van der Waals surface area contributed by atoms with Crippen molar-refractivity contribution in [2.45, 2.75) is 19.1 Å². The summed E-state index contributed by atoms with van der Waals surface area (Å²) in [5.74, 6) is -2.14. The Morgan fingerprint density at radius 3 is 2.56 bits per heavy atom. The molecule has 0 saturated carbocycles. The zero-order chi connectivity index (χ0) is 17.7. The van der Waals surface area contributed by atoms with Crippen molar-refractivity contribution in [3.8, 4) is 0 Å². The first-order valence-corrected chi connectivity index (χ1v) is 8.21. The van der Waals surface area contributed by atoms with Gasteiger partial charge in [-0.15, -0.1) is 11.3 Å². The van der Waals surface area contributed by atoms with E-state index in [0.29, 0.717) is 5.56 Å². The van der Waals surface area contributed by atoms with Gasteiger partial charge in [-0.1, -0.05) is 0 Å². The molecule has 0 saturated heterocycles. The molecule has 0 radical (unpaired) electrons. The summed E-state index contributed by atoms with van der Waals surface area (Å²) >= 11 is 1.19. The summed E-state index contributed by atoms with van der Waals surface area (Å²) in [7, 11) is 0. The molecule has 1 atom stereocenters. The first kappa shape index (κ1) is 15.7. The number of nitrogens with zero attached hydrogens (tertiary/aromatic N) is 3. The molecule has 10 heteroatoms. The Labute approximate surface area is 145 Å². The Bertz CT molecular complexity index is 890. The number of anilines is 1. The number of nitrogens with two attached hydrogens (primary N) is 1. The molecule has 1 unspecified atom stereocenters. The highest BCUT2D eigenvalue weighted by molar-refractivity contribution is 7.16. The van der Waals surface area contributed by atoms with E-state index in [2.05, 4.69) is 9.97 Å². The van der Waals surface area contributed by atoms with Gasteiger partial charge >= 0.3 is 5.97 Å². The minimum Gasteiger partial charge on any atom is -0.478 e. The summed E-state index contributed by atoms with van der Waals surface area (Å²) in [5, 5.41) is 9.57. The van der Waals surface area contributed by atoms with E-state index in [4.69, 9.17) is 10.5 Å². The number of aromatic nitrogens is 2. The number of aromatic carboxylic acids is 1. The second-order valence-corrected chi connectivity index (χ2v) is 6.80. The first-order chi connectivity index (χ1) is 12.0. The molecule has 128 valence electrons. The number of ether oxygens (including phenoxy) is 1. The fourth-order valence-electron chi connectivity index (χ4n) is 3.07. The summed E-state index contributed by atoms with van der Waals surface area (Å²) < 4.78 is 5.68.